The summed E-state index contributed by atoms with van der Waals surface area (Å²) in [6, 6.07) is 1.89. The summed E-state index contributed by atoms with van der Waals surface area (Å²) in [5, 5.41) is 8.79. The molecule has 6 nitrogen and oxygen atoms in total. The van der Waals surface area contributed by atoms with Gasteiger partial charge in [0.25, 0.3) is 0 Å². The first-order valence-electron chi connectivity index (χ1n) is 7.84. The summed E-state index contributed by atoms with van der Waals surface area (Å²) in [6.45, 7) is 1.93. The van der Waals surface area contributed by atoms with Crippen molar-refractivity contribution in [3.63, 3.8) is 0 Å². The van der Waals surface area contributed by atoms with Gasteiger partial charge in [-0.15, -0.1) is 10.2 Å². The highest BCUT2D eigenvalue weighted by atomic mass is 35.5. The van der Waals surface area contributed by atoms with Crippen molar-refractivity contribution < 1.29 is 0 Å². The fourth-order valence-corrected chi connectivity index (χ4v) is 3.32. The molecule has 0 amide bonds. The van der Waals surface area contributed by atoms with Gasteiger partial charge < -0.3 is 9.47 Å². The molecule has 2 aromatic heterocycles. The van der Waals surface area contributed by atoms with Crippen LogP contribution in [0.5, 0.6) is 0 Å². The molecule has 4 rings (SSSR count). The highest BCUT2D eigenvalue weighted by Gasteiger charge is 2.29. The Morgan fingerprint density at radius 2 is 1.86 bits per heavy atom. The number of hydrogen-bond donors (Lipinski definition) is 0. The van der Waals surface area contributed by atoms with Crippen molar-refractivity contribution in [2.45, 2.75) is 37.5 Å². The molecule has 3 heterocycles. The summed E-state index contributed by atoms with van der Waals surface area (Å²) in [5.41, 5.74) is 0. The van der Waals surface area contributed by atoms with Gasteiger partial charge in [0.15, 0.2) is 0 Å². The number of hydrogen-bond acceptors (Lipinski definition) is 5. The number of rotatable bonds is 3. The monoisotopic (exact) mass is 318 g/mol. The molecule has 22 heavy (non-hydrogen) atoms. The number of aromatic nitrogens is 5. The molecule has 0 atom stereocenters. The third kappa shape index (κ3) is 2.67. The van der Waals surface area contributed by atoms with Crippen LogP contribution in [0.4, 0.5) is 5.82 Å². The van der Waals surface area contributed by atoms with E-state index >= 15 is 0 Å². The lowest BCUT2D eigenvalue weighted by Gasteiger charge is -2.32. The van der Waals surface area contributed by atoms with Gasteiger partial charge in [-0.1, -0.05) is 11.6 Å². The van der Waals surface area contributed by atoms with E-state index < -0.39 is 0 Å². The van der Waals surface area contributed by atoms with Crippen LogP contribution < -0.4 is 4.90 Å². The van der Waals surface area contributed by atoms with Crippen LogP contribution in [0.25, 0.3) is 0 Å². The molecule has 2 fully saturated rings. The standard InChI is InChI=1S/C15H19ClN6/c1-21-9-17-20-15(21)11-4-6-22(7-5-11)13-8-12(16)18-14(19-13)10-2-3-10/h8-11H,2-7H2,1H3. The molecule has 1 saturated heterocycles. The van der Waals surface area contributed by atoms with E-state index in [4.69, 9.17) is 16.6 Å². The van der Waals surface area contributed by atoms with Gasteiger partial charge in [0.2, 0.25) is 0 Å². The first kappa shape index (κ1) is 13.9. The predicted octanol–water partition coefficient (Wildman–Crippen LogP) is 2.52. The number of halogens is 1. The lowest BCUT2D eigenvalue weighted by molar-refractivity contribution is 0.471. The Balaban J connectivity index is 1.48. The van der Waals surface area contributed by atoms with Gasteiger partial charge in [0, 0.05) is 38.0 Å². The summed E-state index contributed by atoms with van der Waals surface area (Å²) in [7, 11) is 2.01. The van der Waals surface area contributed by atoms with Crippen molar-refractivity contribution in [3.05, 3.63) is 29.2 Å². The van der Waals surface area contributed by atoms with E-state index in [-0.39, 0.29) is 0 Å². The highest BCUT2D eigenvalue weighted by Crippen LogP contribution is 2.39. The second kappa shape index (κ2) is 5.50. The van der Waals surface area contributed by atoms with Crippen LogP contribution >= 0.6 is 11.6 Å². The number of anilines is 1. The van der Waals surface area contributed by atoms with E-state index in [9.17, 15) is 0 Å². The smallest absolute Gasteiger partial charge is 0.135 e. The van der Waals surface area contributed by atoms with E-state index in [1.165, 1.54) is 12.8 Å². The predicted molar refractivity (Wildman–Crippen MR) is 84.2 cm³/mol. The molecule has 0 radical (unpaired) electrons. The summed E-state index contributed by atoms with van der Waals surface area (Å²) < 4.78 is 2.02. The number of nitrogens with zero attached hydrogens (tertiary/aromatic N) is 6. The van der Waals surface area contributed by atoms with Crippen LogP contribution in [0, 0.1) is 0 Å². The van der Waals surface area contributed by atoms with E-state index in [0.717, 1.165) is 43.4 Å². The summed E-state index contributed by atoms with van der Waals surface area (Å²) >= 11 is 6.17. The first-order valence-corrected chi connectivity index (χ1v) is 8.22. The van der Waals surface area contributed by atoms with Gasteiger partial charge in [-0.25, -0.2) is 9.97 Å². The Morgan fingerprint density at radius 3 is 2.50 bits per heavy atom. The van der Waals surface area contributed by atoms with Crippen LogP contribution in [0.1, 0.15) is 49.2 Å². The van der Waals surface area contributed by atoms with Gasteiger partial charge in [-0.05, 0) is 25.7 Å². The quantitative estimate of drug-likeness (QED) is 0.814. The molecule has 0 spiro atoms. The lowest BCUT2D eigenvalue weighted by Crippen LogP contribution is -2.34. The van der Waals surface area contributed by atoms with Crippen molar-refractivity contribution in [2.24, 2.45) is 7.05 Å². The molecule has 116 valence electrons. The number of piperidine rings is 1. The Hall–Kier alpha value is -1.69. The zero-order valence-electron chi connectivity index (χ0n) is 12.6. The molecule has 1 aliphatic heterocycles. The maximum Gasteiger partial charge on any atom is 0.135 e. The van der Waals surface area contributed by atoms with Crippen LogP contribution in [0.2, 0.25) is 5.15 Å². The highest BCUT2D eigenvalue weighted by molar-refractivity contribution is 6.29. The van der Waals surface area contributed by atoms with Crippen molar-refractivity contribution >= 4 is 17.4 Å². The van der Waals surface area contributed by atoms with E-state index in [2.05, 4.69) is 20.1 Å². The topological polar surface area (TPSA) is 59.7 Å². The summed E-state index contributed by atoms with van der Waals surface area (Å²) in [6.07, 6.45) is 6.27. The minimum atomic E-state index is 0.476. The molecule has 0 bridgehead atoms. The van der Waals surface area contributed by atoms with Crippen LogP contribution in [-0.2, 0) is 7.05 Å². The normalized spacial score (nSPS) is 19.6. The molecule has 2 aromatic rings. The SMILES string of the molecule is Cn1cnnc1C1CCN(c2cc(Cl)nc(C3CC3)n2)CC1. The molecular formula is C15H19ClN6. The average Bonchev–Trinajstić information content (AvgIpc) is 3.29. The fourth-order valence-electron chi connectivity index (χ4n) is 3.14. The second-order valence-electron chi connectivity index (χ2n) is 6.24. The zero-order chi connectivity index (χ0) is 15.1. The molecular weight excluding hydrogens is 300 g/mol. The largest absolute Gasteiger partial charge is 0.356 e. The Bertz CT molecular complexity index is 672. The third-order valence-corrected chi connectivity index (χ3v) is 4.77. The van der Waals surface area contributed by atoms with Crippen LogP contribution in [0.15, 0.2) is 12.4 Å². The van der Waals surface area contributed by atoms with Gasteiger partial charge in [-0.2, -0.15) is 0 Å². The molecule has 7 heteroatoms. The van der Waals surface area contributed by atoms with E-state index in [1.807, 2.05) is 17.7 Å². The molecule has 0 aromatic carbocycles. The molecule has 2 aliphatic rings. The van der Waals surface area contributed by atoms with Crippen LogP contribution in [0.3, 0.4) is 0 Å². The summed E-state index contributed by atoms with van der Waals surface area (Å²) in [5.74, 6) is 3.97. The van der Waals surface area contributed by atoms with E-state index in [0.29, 0.717) is 17.0 Å². The maximum absolute atomic E-state index is 6.17. The van der Waals surface area contributed by atoms with Crippen LogP contribution in [-0.4, -0.2) is 37.8 Å². The summed E-state index contributed by atoms with van der Waals surface area (Å²) in [4.78, 5) is 11.4. The Labute approximate surface area is 134 Å². The molecule has 0 N–H and O–H groups in total. The maximum atomic E-state index is 6.17. The van der Waals surface area contributed by atoms with Crippen molar-refractivity contribution in [1.82, 2.24) is 24.7 Å². The van der Waals surface area contributed by atoms with Crippen molar-refractivity contribution in [3.8, 4) is 0 Å². The lowest BCUT2D eigenvalue weighted by atomic mass is 9.96. The van der Waals surface area contributed by atoms with Crippen molar-refractivity contribution in [1.29, 1.82) is 0 Å². The first-order chi connectivity index (χ1) is 10.7. The van der Waals surface area contributed by atoms with Gasteiger partial charge >= 0.3 is 0 Å². The van der Waals surface area contributed by atoms with Gasteiger partial charge in [-0.3, -0.25) is 0 Å². The molecule has 1 aliphatic carbocycles. The van der Waals surface area contributed by atoms with Gasteiger partial charge in [0.05, 0.1) is 0 Å². The van der Waals surface area contributed by atoms with Gasteiger partial charge in [0.1, 0.15) is 28.9 Å². The Kier molecular flexibility index (Phi) is 3.48. The third-order valence-electron chi connectivity index (χ3n) is 4.57. The average molecular weight is 319 g/mol. The Morgan fingerprint density at radius 1 is 1.09 bits per heavy atom. The fraction of sp³-hybridized carbons (Fsp3) is 0.600. The molecule has 0 unspecified atom stereocenters. The molecule has 1 saturated carbocycles. The number of aryl methyl sites for hydroxylation is 1. The van der Waals surface area contributed by atoms with E-state index in [1.54, 1.807) is 6.33 Å². The van der Waals surface area contributed by atoms with Crippen molar-refractivity contribution in [2.75, 3.05) is 18.0 Å². The second-order valence-corrected chi connectivity index (χ2v) is 6.63. The minimum Gasteiger partial charge on any atom is -0.356 e. The minimum absolute atomic E-state index is 0.476. The zero-order valence-corrected chi connectivity index (χ0v) is 13.4.